The van der Waals surface area contributed by atoms with Crippen LogP contribution in [-0.2, 0) is 0 Å². The molecule has 0 amide bonds. The van der Waals surface area contributed by atoms with Crippen LogP contribution >= 0.6 is 0 Å². The summed E-state index contributed by atoms with van der Waals surface area (Å²) in [5, 5.41) is 2.23. The molecular weight excluding hydrogens is 220 g/mol. The van der Waals surface area contributed by atoms with E-state index in [2.05, 4.69) is 56.5 Å². The van der Waals surface area contributed by atoms with Gasteiger partial charge in [0.2, 0.25) is 0 Å². The maximum atomic E-state index is 3.23. The summed E-state index contributed by atoms with van der Waals surface area (Å²) in [6.45, 7) is 10.8. The van der Waals surface area contributed by atoms with Crippen molar-refractivity contribution in [2.45, 2.75) is 59.9 Å². The van der Waals surface area contributed by atoms with E-state index in [1.807, 2.05) is 20.9 Å². The van der Waals surface area contributed by atoms with E-state index in [4.69, 9.17) is 0 Å². The summed E-state index contributed by atoms with van der Waals surface area (Å²) in [4.78, 5) is 0. The van der Waals surface area contributed by atoms with E-state index in [0.717, 1.165) is 0 Å². The van der Waals surface area contributed by atoms with Gasteiger partial charge in [0.05, 0.1) is 0 Å². The Bertz CT molecular complexity index is 281. The fourth-order valence-corrected chi connectivity index (χ4v) is 2.29. The highest BCUT2D eigenvalue weighted by Gasteiger charge is 2.27. The van der Waals surface area contributed by atoms with E-state index >= 15 is 0 Å². The molecule has 0 radical (unpaired) electrons. The van der Waals surface area contributed by atoms with Crippen LogP contribution in [0.3, 0.4) is 0 Å². The lowest BCUT2D eigenvalue weighted by molar-refractivity contribution is 0.135. The molecule has 0 bridgehead atoms. The van der Waals surface area contributed by atoms with E-state index in [9.17, 15) is 0 Å². The minimum Gasteiger partial charge on any atom is -0.258 e. The molecule has 106 valence electrons. The zero-order valence-electron chi connectivity index (χ0n) is 13.4. The molecule has 1 aliphatic carbocycles. The third-order valence-electron chi connectivity index (χ3n) is 3.71. The Balaban J connectivity index is 0.00000137. The molecule has 0 aromatic heterocycles. The summed E-state index contributed by atoms with van der Waals surface area (Å²) in [5.74, 6) is 0. The van der Waals surface area contributed by atoms with Crippen LogP contribution in [-0.4, -0.2) is 25.1 Å². The lowest BCUT2D eigenvalue weighted by Crippen LogP contribution is -2.42. The molecule has 2 nitrogen and oxygen atoms in total. The lowest BCUT2D eigenvalue weighted by Gasteiger charge is -2.35. The average molecular weight is 252 g/mol. The molecule has 0 saturated heterocycles. The largest absolute Gasteiger partial charge is 0.258 e. The minimum absolute atomic E-state index is 0.325. The zero-order chi connectivity index (χ0) is 14.2. The summed E-state index contributed by atoms with van der Waals surface area (Å²) in [6, 6.07) is 0.603. The van der Waals surface area contributed by atoms with Gasteiger partial charge >= 0.3 is 0 Å². The summed E-state index contributed by atoms with van der Waals surface area (Å²) in [7, 11) is 4.12. The van der Waals surface area contributed by atoms with Crippen molar-refractivity contribution >= 4 is 0 Å². The van der Waals surface area contributed by atoms with Gasteiger partial charge in [0.1, 0.15) is 0 Å². The molecule has 2 unspecified atom stereocenters. The van der Waals surface area contributed by atoms with Crippen LogP contribution in [0.5, 0.6) is 0 Å². The highest BCUT2D eigenvalue weighted by molar-refractivity contribution is 5.24. The fraction of sp³-hybridized carbons (Fsp3) is 0.750. The average Bonchev–Trinajstić information content (AvgIpc) is 2.41. The molecule has 0 heterocycles. The maximum Gasteiger partial charge on any atom is 0.0245 e. The van der Waals surface area contributed by atoms with Gasteiger partial charge in [-0.1, -0.05) is 51.5 Å². The van der Waals surface area contributed by atoms with Crippen molar-refractivity contribution in [1.82, 2.24) is 10.4 Å². The molecule has 1 rings (SSSR count). The van der Waals surface area contributed by atoms with Crippen molar-refractivity contribution in [3.63, 3.8) is 0 Å². The highest BCUT2D eigenvalue weighted by Crippen LogP contribution is 2.35. The molecule has 2 heteroatoms. The molecule has 0 aromatic rings. The fourth-order valence-electron chi connectivity index (χ4n) is 2.29. The first-order valence-electron chi connectivity index (χ1n) is 7.27. The van der Waals surface area contributed by atoms with E-state index in [1.165, 1.54) is 24.8 Å². The SMILES string of the molecule is CC.CCC(CC1(C)C=CC(C)=CC1)N(C)NC. The van der Waals surface area contributed by atoms with Gasteiger partial charge in [-0.25, -0.2) is 5.01 Å². The molecular formula is C16H32N2. The number of nitrogens with one attached hydrogen (secondary N) is 1. The first-order chi connectivity index (χ1) is 8.50. The van der Waals surface area contributed by atoms with E-state index in [-0.39, 0.29) is 0 Å². The molecule has 2 atom stereocenters. The maximum absolute atomic E-state index is 3.23. The second-order valence-electron chi connectivity index (χ2n) is 5.24. The first-order valence-corrected chi connectivity index (χ1v) is 7.27. The summed E-state index contributed by atoms with van der Waals surface area (Å²) < 4.78 is 0. The van der Waals surface area contributed by atoms with Gasteiger partial charge in [0, 0.05) is 13.1 Å². The third-order valence-corrected chi connectivity index (χ3v) is 3.71. The molecule has 1 N–H and O–H groups in total. The molecule has 0 spiro atoms. The van der Waals surface area contributed by atoms with Gasteiger partial charge in [0.25, 0.3) is 0 Å². The van der Waals surface area contributed by atoms with E-state index < -0.39 is 0 Å². The third kappa shape index (κ3) is 5.36. The zero-order valence-corrected chi connectivity index (χ0v) is 13.4. The Morgan fingerprint density at radius 2 is 2.06 bits per heavy atom. The van der Waals surface area contributed by atoms with Crippen molar-refractivity contribution in [3.8, 4) is 0 Å². The summed E-state index contributed by atoms with van der Waals surface area (Å²) in [5.41, 5.74) is 4.95. The molecule has 0 aliphatic heterocycles. The molecule has 0 fully saturated rings. The van der Waals surface area contributed by atoms with Crippen molar-refractivity contribution in [2.75, 3.05) is 14.1 Å². The quantitative estimate of drug-likeness (QED) is 0.739. The predicted molar refractivity (Wildman–Crippen MR) is 82.5 cm³/mol. The molecule has 0 aromatic carbocycles. The Morgan fingerprint density at radius 1 is 1.44 bits per heavy atom. The number of hydrogen-bond acceptors (Lipinski definition) is 2. The van der Waals surface area contributed by atoms with Crippen LogP contribution in [0.15, 0.2) is 23.8 Å². The van der Waals surface area contributed by atoms with Crippen LogP contribution < -0.4 is 5.43 Å². The normalized spacial score (nSPS) is 24.3. The molecule has 18 heavy (non-hydrogen) atoms. The van der Waals surface area contributed by atoms with Crippen LogP contribution in [0.1, 0.15) is 53.9 Å². The van der Waals surface area contributed by atoms with Crippen LogP contribution in [0.25, 0.3) is 0 Å². The highest BCUT2D eigenvalue weighted by atomic mass is 15.5. The second-order valence-corrected chi connectivity index (χ2v) is 5.24. The van der Waals surface area contributed by atoms with Crippen LogP contribution in [0.4, 0.5) is 0 Å². The Morgan fingerprint density at radius 3 is 2.44 bits per heavy atom. The first kappa shape index (κ1) is 17.4. The van der Waals surface area contributed by atoms with Gasteiger partial charge in [-0.15, -0.1) is 0 Å². The summed E-state index contributed by atoms with van der Waals surface area (Å²) in [6.07, 6.45) is 10.6. The van der Waals surface area contributed by atoms with Crippen molar-refractivity contribution in [3.05, 3.63) is 23.8 Å². The Labute approximate surface area is 114 Å². The lowest BCUT2D eigenvalue weighted by atomic mass is 9.76. The number of hydrazine groups is 1. The van der Waals surface area contributed by atoms with Crippen LogP contribution in [0, 0.1) is 5.41 Å². The predicted octanol–water partition coefficient (Wildman–Crippen LogP) is 4.16. The second kappa shape index (κ2) is 8.49. The number of nitrogens with zero attached hydrogens (tertiary/aromatic N) is 1. The van der Waals surface area contributed by atoms with Gasteiger partial charge in [0.15, 0.2) is 0 Å². The topological polar surface area (TPSA) is 15.3 Å². The van der Waals surface area contributed by atoms with Crippen molar-refractivity contribution in [2.24, 2.45) is 5.41 Å². The van der Waals surface area contributed by atoms with E-state index in [0.29, 0.717) is 11.5 Å². The monoisotopic (exact) mass is 252 g/mol. The number of rotatable bonds is 5. The Kier molecular flexibility index (Phi) is 8.21. The number of allylic oxidation sites excluding steroid dienone is 4. The van der Waals surface area contributed by atoms with Gasteiger partial charge in [-0.05, 0) is 38.6 Å². The van der Waals surface area contributed by atoms with Crippen molar-refractivity contribution < 1.29 is 0 Å². The standard InChI is InChI=1S/C14H26N2.C2H6/c1-6-13(16(5)15-4)11-14(3)9-7-12(2)8-10-14;1-2/h7-9,13,15H,6,10-11H2,1-5H3;1-2H3. The van der Waals surface area contributed by atoms with Gasteiger partial charge in [-0.2, -0.15) is 0 Å². The Hall–Kier alpha value is -0.600. The van der Waals surface area contributed by atoms with Crippen molar-refractivity contribution in [1.29, 1.82) is 0 Å². The number of hydrogen-bond donors (Lipinski definition) is 1. The van der Waals surface area contributed by atoms with Gasteiger partial charge < -0.3 is 0 Å². The molecule has 0 saturated carbocycles. The van der Waals surface area contributed by atoms with Gasteiger partial charge in [-0.3, -0.25) is 5.43 Å². The smallest absolute Gasteiger partial charge is 0.0245 e. The van der Waals surface area contributed by atoms with E-state index in [1.54, 1.807) is 0 Å². The van der Waals surface area contributed by atoms with Crippen LogP contribution in [0.2, 0.25) is 0 Å². The summed E-state index contributed by atoms with van der Waals surface area (Å²) >= 11 is 0. The molecule has 1 aliphatic rings. The minimum atomic E-state index is 0.325.